The van der Waals surface area contributed by atoms with Crippen LogP contribution >= 0.6 is 11.3 Å². The molecule has 1 aliphatic rings. The summed E-state index contributed by atoms with van der Waals surface area (Å²) in [7, 11) is 0. The Hall–Kier alpha value is -1.69. The first-order chi connectivity index (χ1) is 9.85. The summed E-state index contributed by atoms with van der Waals surface area (Å²) in [5.74, 6) is 1.08. The normalized spacial score (nSPS) is 16.4. The Morgan fingerprint density at radius 2 is 2.15 bits per heavy atom. The fourth-order valence-corrected chi connectivity index (χ4v) is 3.18. The van der Waals surface area contributed by atoms with Gasteiger partial charge in [0.2, 0.25) is 5.13 Å². The number of hydrogen-bond acceptors (Lipinski definition) is 6. The molecule has 0 unspecified atom stereocenters. The molecule has 2 aromatic heterocycles. The van der Waals surface area contributed by atoms with Gasteiger partial charge in [-0.25, -0.2) is 4.98 Å². The minimum atomic E-state index is 0.493. The maximum absolute atomic E-state index is 4.41. The van der Waals surface area contributed by atoms with Crippen molar-refractivity contribution in [1.82, 2.24) is 15.2 Å². The Morgan fingerprint density at radius 3 is 2.80 bits per heavy atom. The number of hydrogen-bond donors (Lipinski definition) is 1. The van der Waals surface area contributed by atoms with Crippen LogP contribution in [0.15, 0.2) is 24.4 Å². The van der Waals surface area contributed by atoms with E-state index in [1.165, 1.54) is 0 Å². The van der Waals surface area contributed by atoms with E-state index in [-0.39, 0.29) is 0 Å². The molecule has 3 heterocycles. The van der Waals surface area contributed by atoms with Crippen LogP contribution in [-0.2, 0) is 6.42 Å². The smallest absolute Gasteiger partial charge is 0.205 e. The monoisotopic (exact) mass is 289 g/mol. The Morgan fingerprint density at radius 1 is 1.30 bits per heavy atom. The summed E-state index contributed by atoms with van der Waals surface area (Å²) in [5.41, 5.74) is 0. The van der Waals surface area contributed by atoms with Crippen molar-refractivity contribution in [3.8, 4) is 0 Å². The van der Waals surface area contributed by atoms with Gasteiger partial charge >= 0.3 is 0 Å². The zero-order chi connectivity index (χ0) is 13.8. The lowest BCUT2D eigenvalue weighted by Crippen LogP contribution is -2.39. The van der Waals surface area contributed by atoms with E-state index in [4.69, 9.17) is 0 Å². The summed E-state index contributed by atoms with van der Waals surface area (Å²) in [6.07, 6.45) is 5.03. The summed E-state index contributed by atoms with van der Waals surface area (Å²) in [6, 6.07) is 6.57. The largest absolute Gasteiger partial charge is 0.357 e. The van der Waals surface area contributed by atoms with Gasteiger partial charge < -0.3 is 10.2 Å². The quantitative estimate of drug-likeness (QED) is 0.937. The summed E-state index contributed by atoms with van der Waals surface area (Å²) in [6.45, 7) is 4.18. The SMILES string of the molecule is CCc1nnc(NC2CCN(c3ccccn3)CC2)s1. The van der Waals surface area contributed by atoms with E-state index in [1.54, 1.807) is 11.3 Å². The third-order valence-corrected chi connectivity index (χ3v) is 4.56. The molecule has 0 aliphatic carbocycles. The van der Waals surface area contributed by atoms with Crippen molar-refractivity contribution in [2.24, 2.45) is 0 Å². The van der Waals surface area contributed by atoms with E-state index in [0.717, 1.165) is 48.3 Å². The zero-order valence-corrected chi connectivity index (χ0v) is 12.4. The minimum absolute atomic E-state index is 0.493. The number of pyridine rings is 1. The molecular formula is C14H19N5S. The summed E-state index contributed by atoms with van der Waals surface area (Å²) >= 11 is 1.66. The molecule has 6 heteroatoms. The predicted molar refractivity (Wildman–Crippen MR) is 82.4 cm³/mol. The first-order valence-electron chi connectivity index (χ1n) is 7.10. The summed E-state index contributed by atoms with van der Waals surface area (Å²) < 4.78 is 0. The maximum Gasteiger partial charge on any atom is 0.205 e. The molecule has 106 valence electrons. The van der Waals surface area contributed by atoms with E-state index in [2.05, 4.69) is 38.4 Å². The first-order valence-corrected chi connectivity index (χ1v) is 7.91. The van der Waals surface area contributed by atoms with Crippen molar-refractivity contribution in [2.75, 3.05) is 23.3 Å². The highest BCUT2D eigenvalue weighted by Crippen LogP contribution is 2.22. The Balaban J connectivity index is 1.53. The third-order valence-electron chi connectivity index (χ3n) is 3.57. The molecule has 1 saturated heterocycles. The number of nitrogens with zero attached hydrogens (tertiary/aromatic N) is 4. The van der Waals surface area contributed by atoms with Crippen LogP contribution in [-0.4, -0.2) is 34.3 Å². The zero-order valence-electron chi connectivity index (χ0n) is 11.6. The molecule has 1 fully saturated rings. The van der Waals surface area contributed by atoms with Gasteiger partial charge in [0.1, 0.15) is 10.8 Å². The lowest BCUT2D eigenvalue weighted by atomic mass is 10.1. The summed E-state index contributed by atoms with van der Waals surface area (Å²) in [5, 5.41) is 13.9. The van der Waals surface area contributed by atoms with Gasteiger partial charge in [0, 0.05) is 25.3 Å². The second kappa shape index (κ2) is 6.17. The Labute approximate surface area is 123 Å². The molecule has 0 atom stereocenters. The van der Waals surface area contributed by atoms with Crippen LogP contribution in [0.1, 0.15) is 24.8 Å². The lowest BCUT2D eigenvalue weighted by molar-refractivity contribution is 0.523. The predicted octanol–water partition coefficient (Wildman–Crippen LogP) is 2.58. The molecule has 0 radical (unpaired) electrons. The second-order valence-electron chi connectivity index (χ2n) is 4.95. The minimum Gasteiger partial charge on any atom is -0.357 e. The molecule has 0 saturated carbocycles. The van der Waals surface area contributed by atoms with Gasteiger partial charge in [-0.2, -0.15) is 0 Å². The van der Waals surface area contributed by atoms with Crippen LogP contribution in [0.3, 0.4) is 0 Å². The fraction of sp³-hybridized carbons (Fsp3) is 0.500. The molecule has 20 heavy (non-hydrogen) atoms. The van der Waals surface area contributed by atoms with Gasteiger partial charge in [0.15, 0.2) is 0 Å². The average molecular weight is 289 g/mol. The topological polar surface area (TPSA) is 53.9 Å². The molecule has 0 aromatic carbocycles. The van der Waals surface area contributed by atoms with Crippen molar-refractivity contribution >= 4 is 22.3 Å². The first kappa shape index (κ1) is 13.3. The maximum atomic E-state index is 4.41. The van der Waals surface area contributed by atoms with Crippen LogP contribution in [0.25, 0.3) is 0 Å². The molecule has 0 amide bonds. The van der Waals surface area contributed by atoms with Gasteiger partial charge in [-0.3, -0.25) is 0 Å². The number of nitrogens with one attached hydrogen (secondary N) is 1. The molecule has 0 bridgehead atoms. The molecule has 3 rings (SSSR count). The van der Waals surface area contributed by atoms with Gasteiger partial charge in [0.05, 0.1) is 0 Å². The van der Waals surface area contributed by atoms with Gasteiger partial charge in [-0.1, -0.05) is 24.3 Å². The number of piperidine rings is 1. The number of rotatable bonds is 4. The fourth-order valence-electron chi connectivity index (χ4n) is 2.42. The van der Waals surface area contributed by atoms with Crippen LogP contribution < -0.4 is 10.2 Å². The Kier molecular flexibility index (Phi) is 4.11. The average Bonchev–Trinajstić information content (AvgIpc) is 2.97. The summed E-state index contributed by atoms with van der Waals surface area (Å²) in [4.78, 5) is 6.75. The van der Waals surface area contributed by atoms with Crippen LogP contribution in [0, 0.1) is 0 Å². The van der Waals surface area contributed by atoms with E-state index in [1.807, 2.05) is 18.3 Å². The number of anilines is 2. The Bertz CT molecular complexity index is 534. The van der Waals surface area contributed by atoms with Crippen LogP contribution in [0.2, 0.25) is 0 Å². The lowest BCUT2D eigenvalue weighted by Gasteiger charge is -2.32. The number of aryl methyl sites for hydroxylation is 1. The molecule has 5 nitrogen and oxygen atoms in total. The van der Waals surface area contributed by atoms with Crippen LogP contribution in [0.4, 0.5) is 10.9 Å². The van der Waals surface area contributed by atoms with Crippen molar-refractivity contribution < 1.29 is 0 Å². The van der Waals surface area contributed by atoms with Crippen LogP contribution in [0.5, 0.6) is 0 Å². The molecular weight excluding hydrogens is 270 g/mol. The van der Waals surface area contributed by atoms with Crippen molar-refractivity contribution in [3.63, 3.8) is 0 Å². The highest BCUT2D eigenvalue weighted by molar-refractivity contribution is 7.15. The van der Waals surface area contributed by atoms with E-state index in [0.29, 0.717) is 6.04 Å². The molecule has 1 aliphatic heterocycles. The van der Waals surface area contributed by atoms with Crippen molar-refractivity contribution in [3.05, 3.63) is 29.4 Å². The highest BCUT2D eigenvalue weighted by atomic mass is 32.1. The van der Waals surface area contributed by atoms with Crippen molar-refractivity contribution in [1.29, 1.82) is 0 Å². The number of aromatic nitrogens is 3. The van der Waals surface area contributed by atoms with Gasteiger partial charge in [-0.15, -0.1) is 10.2 Å². The molecule has 2 aromatic rings. The highest BCUT2D eigenvalue weighted by Gasteiger charge is 2.20. The van der Waals surface area contributed by atoms with E-state index < -0.39 is 0 Å². The van der Waals surface area contributed by atoms with Gasteiger partial charge in [0.25, 0.3) is 0 Å². The second-order valence-corrected chi connectivity index (χ2v) is 6.01. The van der Waals surface area contributed by atoms with E-state index in [9.17, 15) is 0 Å². The standard InChI is InChI=1S/C14H19N5S/c1-2-13-17-18-14(20-13)16-11-6-9-19(10-7-11)12-5-3-4-8-15-12/h3-5,8,11H,2,6-7,9-10H2,1H3,(H,16,18). The third kappa shape index (κ3) is 3.07. The van der Waals surface area contributed by atoms with Crippen molar-refractivity contribution in [2.45, 2.75) is 32.2 Å². The van der Waals surface area contributed by atoms with E-state index >= 15 is 0 Å². The molecule has 0 spiro atoms. The molecule has 1 N–H and O–H groups in total. The van der Waals surface area contributed by atoms with Gasteiger partial charge in [-0.05, 0) is 31.4 Å².